The molecule has 0 saturated carbocycles. The summed E-state index contributed by atoms with van der Waals surface area (Å²) in [6.45, 7) is 0. The van der Waals surface area contributed by atoms with Gasteiger partial charge in [0.2, 0.25) is 17.2 Å². The van der Waals surface area contributed by atoms with E-state index in [0.717, 1.165) is 11.4 Å². The lowest BCUT2D eigenvalue weighted by atomic mass is 10.3. The van der Waals surface area contributed by atoms with E-state index in [1.807, 2.05) is 24.3 Å². The Labute approximate surface area is 137 Å². The molecular weight excluding hydrogens is 314 g/mol. The van der Waals surface area contributed by atoms with Crippen molar-refractivity contribution in [3.05, 3.63) is 53.8 Å². The Morgan fingerprint density at radius 2 is 1.22 bits per heavy atom. The maximum absolute atomic E-state index is 5.95. The molecule has 23 heavy (non-hydrogen) atoms. The largest absolute Gasteiger partial charge is 0.399 e. The van der Waals surface area contributed by atoms with Crippen LogP contribution >= 0.6 is 11.6 Å². The van der Waals surface area contributed by atoms with Crippen molar-refractivity contribution in [3.8, 4) is 0 Å². The Bertz CT molecular complexity index is 772. The van der Waals surface area contributed by atoms with Crippen LogP contribution in [0.4, 0.5) is 34.6 Å². The predicted molar refractivity (Wildman–Crippen MR) is 93.1 cm³/mol. The number of benzene rings is 2. The molecule has 0 fully saturated rings. The molecule has 0 saturated heterocycles. The van der Waals surface area contributed by atoms with Gasteiger partial charge in [-0.3, -0.25) is 0 Å². The molecule has 7 nitrogen and oxygen atoms in total. The molecule has 2 aromatic carbocycles. The van der Waals surface area contributed by atoms with Gasteiger partial charge in [-0.15, -0.1) is 0 Å². The van der Waals surface area contributed by atoms with Crippen LogP contribution in [0.2, 0.25) is 5.28 Å². The molecule has 0 atom stereocenters. The second kappa shape index (κ2) is 6.37. The van der Waals surface area contributed by atoms with Gasteiger partial charge in [0.1, 0.15) is 0 Å². The van der Waals surface area contributed by atoms with E-state index < -0.39 is 0 Å². The smallest absolute Gasteiger partial charge is 0.233 e. The van der Waals surface area contributed by atoms with Crippen molar-refractivity contribution in [2.45, 2.75) is 0 Å². The van der Waals surface area contributed by atoms with Crippen molar-refractivity contribution in [2.75, 3.05) is 22.1 Å². The highest BCUT2D eigenvalue weighted by molar-refractivity contribution is 6.28. The van der Waals surface area contributed by atoms with Crippen molar-refractivity contribution in [1.82, 2.24) is 15.0 Å². The molecule has 0 aliphatic heterocycles. The van der Waals surface area contributed by atoms with Crippen molar-refractivity contribution in [3.63, 3.8) is 0 Å². The lowest BCUT2D eigenvalue weighted by Gasteiger charge is -2.09. The van der Waals surface area contributed by atoms with E-state index in [1.54, 1.807) is 24.3 Å². The fourth-order valence-electron chi connectivity index (χ4n) is 1.95. The van der Waals surface area contributed by atoms with Crippen LogP contribution in [0.1, 0.15) is 0 Å². The Balaban J connectivity index is 1.84. The average molecular weight is 328 g/mol. The molecule has 0 aliphatic rings. The third kappa shape index (κ3) is 3.98. The standard InChI is InChI=1S/C15H14ClN7/c16-13-21-14(19-11-5-1-3-9(17)7-11)23-15(22-13)20-12-6-2-4-10(18)8-12/h1-8H,17-18H2,(H2,19,20,21,22,23). The lowest BCUT2D eigenvalue weighted by Crippen LogP contribution is -2.04. The Morgan fingerprint density at radius 3 is 1.65 bits per heavy atom. The third-order valence-corrected chi connectivity index (χ3v) is 3.06. The van der Waals surface area contributed by atoms with Gasteiger partial charge >= 0.3 is 0 Å². The van der Waals surface area contributed by atoms with Gasteiger partial charge in [-0.1, -0.05) is 12.1 Å². The van der Waals surface area contributed by atoms with Gasteiger partial charge in [0, 0.05) is 22.7 Å². The summed E-state index contributed by atoms with van der Waals surface area (Å²) in [7, 11) is 0. The van der Waals surface area contributed by atoms with E-state index in [9.17, 15) is 0 Å². The molecular formula is C15H14ClN7. The monoisotopic (exact) mass is 327 g/mol. The van der Waals surface area contributed by atoms with Crippen molar-refractivity contribution < 1.29 is 0 Å². The topological polar surface area (TPSA) is 115 Å². The fourth-order valence-corrected chi connectivity index (χ4v) is 2.11. The number of nitrogens with one attached hydrogen (secondary N) is 2. The molecule has 0 radical (unpaired) electrons. The van der Waals surface area contributed by atoms with E-state index in [2.05, 4.69) is 25.6 Å². The van der Waals surface area contributed by atoms with E-state index in [1.165, 1.54) is 0 Å². The van der Waals surface area contributed by atoms with Gasteiger partial charge in [-0.25, -0.2) is 0 Å². The van der Waals surface area contributed by atoms with Gasteiger partial charge in [0.25, 0.3) is 0 Å². The zero-order valence-electron chi connectivity index (χ0n) is 12.0. The maximum Gasteiger partial charge on any atom is 0.233 e. The SMILES string of the molecule is Nc1cccc(Nc2nc(Cl)nc(Nc3cccc(N)c3)n2)c1. The minimum Gasteiger partial charge on any atom is -0.399 e. The molecule has 0 unspecified atom stereocenters. The second-order valence-electron chi connectivity index (χ2n) is 4.75. The zero-order valence-corrected chi connectivity index (χ0v) is 12.7. The highest BCUT2D eigenvalue weighted by atomic mass is 35.5. The number of anilines is 6. The van der Waals surface area contributed by atoms with Gasteiger partial charge in [-0.2, -0.15) is 15.0 Å². The number of halogens is 1. The number of aromatic nitrogens is 3. The van der Waals surface area contributed by atoms with Crippen LogP contribution in [0.25, 0.3) is 0 Å². The molecule has 3 rings (SSSR count). The van der Waals surface area contributed by atoms with Gasteiger partial charge in [0.15, 0.2) is 0 Å². The van der Waals surface area contributed by atoms with Crippen molar-refractivity contribution in [1.29, 1.82) is 0 Å². The summed E-state index contributed by atoms with van der Waals surface area (Å²) in [5.41, 5.74) is 14.3. The first kappa shape index (κ1) is 14.9. The highest BCUT2D eigenvalue weighted by Gasteiger charge is 2.06. The number of nitrogens with two attached hydrogens (primary N) is 2. The fraction of sp³-hybridized carbons (Fsp3) is 0. The van der Waals surface area contributed by atoms with E-state index in [-0.39, 0.29) is 5.28 Å². The number of rotatable bonds is 4. The Hall–Kier alpha value is -3.06. The maximum atomic E-state index is 5.95. The summed E-state index contributed by atoms with van der Waals surface area (Å²) in [5, 5.41) is 6.13. The van der Waals surface area contributed by atoms with Crippen LogP contribution in [-0.2, 0) is 0 Å². The van der Waals surface area contributed by atoms with E-state index in [0.29, 0.717) is 23.3 Å². The first-order valence-corrected chi connectivity index (χ1v) is 7.13. The van der Waals surface area contributed by atoms with E-state index in [4.69, 9.17) is 23.1 Å². The first-order chi connectivity index (χ1) is 11.1. The molecule has 0 amide bonds. The summed E-state index contributed by atoms with van der Waals surface area (Å²) in [4.78, 5) is 12.4. The summed E-state index contributed by atoms with van der Waals surface area (Å²) in [6, 6.07) is 14.5. The molecule has 0 bridgehead atoms. The zero-order chi connectivity index (χ0) is 16.2. The van der Waals surface area contributed by atoms with E-state index >= 15 is 0 Å². The molecule has 3 aromatic rings. The molecule has 0 spiro atoms. The van der Waals surface area contributed by atoms with Gasteiger partial charge < -0.3 is 22.1 Å². The van der Waals surface area contributed by atoms with Crippen LogP contribution in [0, 0.1) is 0 Å². The average Bonchev–Trinajstić information content (AvgIpc) is 2.46. The number of hydrogen-bond acceptors (Lipinski definition) is 7. The van der Waals surface area contributed by atoms with Crippen LogP contribution in [0.5, 0.6) is 0 Å². The third-order valence-electron chi connectivity index (χ3n) is 2.89. The number of nitrogen functional groups attached to an aromatic ring is 2. The highest BCUT2D eigenvalue weighted by Crippen LogP contribution is 2.20. The molecule has 116 valence electrons. The summed E-state index contributed by atoms with van der Waals surface area (Å²) in [5.74, 6) is 0.615. The normalized spacial score (nSPS) is 10.3. The van der Waals surface area contributed by atoms with Crippen LogP contribution in [-0.4, -0.2) is 15.0 Å². The predicted octanol–water partition coefficient (Wildman–Crippen LogP) is 3.18. The van der Waals surface area contributed by atoms with Crippen LogP contribution < -0.4 is 22.1 Å². The Morgan fingerprint density at radius 1 is 0.739 bits per heavy atom. The molecule has 0 aliphatic carbocycles. The molecule has 8 heteroatoms. The van der Waals surface area contributed by atoms with Crippen LogP contribution in [0.15, 0.2) is 48.5 Å². The summed E-state index contributed by atoms with van der Waals surface area (Å²) >= 11 is 5.95. The van der Waals surface area contributed by atoms with Crippen molar-refractivity contribution >= 4 is 46.2 Å². The van der Waals surface area contributed by atoms with Gasteiger partial charge in [-0.05, 0) is 48.0 Å². The molecule has 1 heterocycles. The molecule has 1 aromatic heterocycles. The summed E-state index contributed by atoms with van der Waals surface area (Å²) in [6.07, 6.45) is 0. The minimum atomic E-state index is 0.0674. The van der Waals surface area contributed by atoms with Crippen molar-refractivity contribution in [2.24, 2.45) is 0 Å². The number of nitrogens with zero attached hydrogens (tertiary/aromatic N) is 3. The minimum absolute atomic E-state index is 0.0674. The van der Waals surface area contributed by atoms with Crippen LogP contribution in [0.3, 0.4) is 0 Å². The second-order valence-corrected chi connectivity index (χ2v) is 5.09. The summed E-state index contributed by atoms with van der Waals surface area (Å²) < 4.78 is 0. The quantitative estimate of drug-likeness (QED) is 0.544. The molecule has 6 N–H and O–H groups in total. The lowest BCUT2D eigenvalue weighted by molar-refractivity contribution is 1.06. The van der Waals surface area contributed by atoms with Gasteiger partial charge in [0.05, 0.1) is 0 Å². The Kier molecular flexibility index (Phi) is 4.11. The number of hydrogen-bond donors (Lipinski definition) is 4. The first-order valence-electron chi connectivity index (χ1n) is 6.75.